The number of piperazine rings is 1. The van der Waals surface area contributed by atoms with Crippen LogP contribution in [-0.2, 0) is 35.1 Å². The number of aliphatic hydroxyl groups excluding tert-OH is 1. The van der Waals surface area contributed by atoms with Crippen molar-refractivity contribution >= 4 is 75.6 Å². The van der Waals surface area contributed by atoms with Gasteiger partial charge in [0.1, 0.15) is 24.0 Å². The number of amides is 5. The molecule has 0 bridgehead atoms. The van der Waals surface area contributed by atoms with E-state index < -0.39 is 47.3 Å². The zero-order chi connectivity index (χ0) is 59.3. The Labute approximate surface area is 491 Å². The fourth-order valence-electron chi connectivity index (χ4n) is 9.86. The second-order valence-corrected chi connectivity index (χ2v) is 23.2. The number of aliphatic hydroxyl groups is 1. The van der Waals surface area contributed by atoms with Gasteiger partial charge in [-0.3, -0.25) is 28.9 Å². The van der Waals surface area contributed by atoms with Gasteiger partial charge in [-0.05, 0) is 87.1 Å². The lowest BCUT2D eigenvalue weighted by Gasteiger charge is -2.44. The highest BCUT2D eigenvalue weighted by atomic mass is 35.5. The third kappa shape index (κ3) is 16.9. The molecule has 2 fully saturated rings. The number of halogens is 3. The number of hydrogen-bond donors (Lipinski definition) is 5. The van der Waals surface area contributed by atoms with Crippen LogP contribution in [-0.4, -0.2) is 161 Å². The Bertz CT molecular complexity index is 2990. The zero-order valence-corrected chi connectivity index (χ0v) is 49.5. The molecule has 0 aliphatic carbocycles. The minimum Gasteiger partial charge on any atom is -0.482 e. The van der Waals surface area contributed by atoms with Crippen LogP contribution < -0.4 is 26.4 Å². The standard InChI is InChI=1S/C58H73Cl2FN10O10S/c1-34-30-69(56(76)40-13-15-41(16-14-40)65-54(74)45-28-47(53(62)68-67-45)81-37(4)49-43(59)17-18-44(61)50(49)60)31-35(2)70(34)20-8-21-78-23-25-80-26-24-79-22-19-48(73)66-52(58(5,6)7)57(77)71-32-42(72)27-46(71)55(75)63-29-38-9-11-39(12-10-38)51-36(3)64-33-82-51/h9-18,28,33-35,37,42,46,52,72H,8,19-27,29-32H2,1-7H3,(H2,62,68)(H,63,75)(H,65,74)(H,66,73)/t34-,35+,37?,42-,46+,52?/m1/s1. The van der Waals surface area contributed by atoms with Crippen molar-refractivity contribution in [2.24, 2.45) is 5.41 Å². The SMILES string of the molecule is Cc1ncsc1-c1ccc(CNC(=O)[C@@H]2C[C@@H](O)CN2C(=O)C(NC(=O)CCOCCOCCOCCCN2[C@H](C)CN(C(=O)c3ccc(NC(=O)c4cc(OC(C)c5c(Cl)ccc(F)c5Cl)c(N)nn4)cc3)C[C@@H]2C)C(C)(C)C)cc1. The van der Waals surface area contributed by atoms with Gasteiger partial charge in [-0.15, -0.1) is 21.5 Å². The Kier molecular flexibility index (Phi) is 22.5. The molecule has 2 saturated heterocycles. The highest BCUT2D eigenvalue weighted by Gasteiger charge is 2.44. The number of benzene rings is 3. The maximum Gasteiger partial charge on any atom is 0.276 e. The van der Waals surface area contributed by atoms with Crippen LogP contribution in [0.4, 0.5) is 15.9 Å². The maximum atomic E-state index is 14.2. The molecule has 5 amide bonds. The molecule has 2 unspecified atom stereocenters. The van der Waals surface area contributed by atoms with Crippen molar-refractivity contribution in [3.8, 4) is 16.2 Å². The second-order valence-electron chi connectivity index (χ2n) is 21.6. The van der Waals surface area contributed by atoms with Crippen molar-refractivity contribution in [2.75, 3.05) is 76.9 Å². The minimum atomic E-state index is -0.947. The van der Waals surface area contributed by atoms with Gasteiger partial charge in [0.25, 0.3) is 11.8 Å². The van der Waals surface area contributed by atoms with E-state index in [-0.39, 0.29) is 102 Å². The first-order chi connectivity index (χ1) is 39.1. The summed E-state index contributed by atoms with van der Waals surface area (Å²) in [5, 5.41) is 26.8. The van der Waals surface area contributed by atoms with E-state index >= 15 is 0 Å². The van der Waals surface area contributed by atoms with E-state index in [1.807, 2.05) is 62.4 Å². The number of carbonyl (C=O) groups excluding carboxylic acids is 5. The lowest BCUT2D eigenvalue weighted by atomic mass is 9.85. The van der Waals surface area contributed by atoms with Gasteiger partial charge in [-0.25, -0.2) is 9.37 Å². The van der Waals surface area contributed by atoms with Crippen LogP contribution in [0, 0.1) is 18.2 Å². The Morgan fingerprint density at radius 2 is 1.55 bits per heavy atom. The number of aromatic nitrogens is 3. The molecule has 3 aromatic carbocycles. The summed E-state index contributed by atoms with van der Waals surface area (Å²) in [4.78, 5) is 78.4. The van der Waals surface area contributed by atoms with Crippen LogP contribution in [0.3, 0.4) is 0 Å². The Balaban J connectivity index is 0.740. The van der Waals surface area contributed by atoms with Crippen molar-refractivity contribution in [1.82, 2.24) is 40.5 Å². The van der Waals surface area contributed by atoms with Crippen LogP contribution in [0.5, 0.6) is 5.75 Å². The van der Waals surface area contributed by atoms with Gasteiger partial charge >= 0.3 is 0 Å². The lowest BCUT2D eigenvalue weighted by Crippen LogP contribution is -2.58. The molecule has 442 valence electrons. The van der Waals surface area contributed by atoms with Crippen molar-refractivity contribution in [1.29, 1.82) is 0 Å². The number of likely N-dealkylation sites (tertiary alicyclic amines) is 1. The first-order valence-corrected chi connectivity index (χ1v) is 28.9. The maximum absolute atomic E-state index is 14.2. The van der Waals surface area contributed by atoms with Crippen LogP contribution in [0.1, 0.15) is 105 Å². The summed E-state index contributed by atoms with van der Waals surface area (Å²) in [6, 6.07) is 16.6. The molecule has 4 heterocycles. The molecule has 0 radical (unpaired) electrons. The second kappa shape index (κ2) is 29.2. The van der Waals surface area contributed by atoms with Gasteiger partial charge in [0.2, 0.25) is 17.7 Å². The first kappa shape index (κ1) is 63.2. The van der Waals surface area contributed by atoms with Gasteiger partial charge in [-0.2, -0.15) is 0 Å². The van der Waals surface area contributed by atoms with E-state index in [4.69, 9.17) is 47.9 Å². The smallest absolute Gasteiger partial charge is 0.276 e. The number of hydrogen-bond acceptors (Lipinski definition) is 16. The summed E-state index contributed by atoms with van der Waals surface area (Å²) >= 11 is 14.0. The van der Waals surface area contributed by atoms with Gasteiger partial charge in [0.05, 0.1) is 60.2 Å². The molecule has 6 N–H and O–H groups in total. The molecule has 0 spiro atoms. The molecule has 24 heteroatoms. The summed E-state index contributed by atoms with van der Waals surface area (Å²) in [6.07, 6.45) is -0.835. The highest BCUT2D eigenvalue weighted by molar-refractivity contribution is 7.13. The van der Waals surface area contributed by atoms with Crippen molar-refractivity contribution < 1.29 is 52.4 Å². The molecular weight excluding hydrogens is 1120 g/mol. The first-order valence-electron chi connectivity index (χ1n) is 27.3. The van der Waals surface area contributed by atoms with Gasteiger partial charge in [0, 0.05) is 92.2 Å². The van der Waals surface area contributed by atoms with Crippen molar-refractivity contribution in [2.45, 2.75) is 111 Å². The molecule has 82 heavy (non-hydrogen) atoms. The van der Waals surface area contributed by atoms with E-state index in [0.717, 1.165) is 40.7 Å². The number of nitrogen functional groups attached to an aromatic ring is 1. The number of nitrogens with two attached hydrogens (primary N) is 1. The number of anilines is 2. The Morgan fingerprint density at radius 3 is 2.20 bits per heavy atom. The largest absolute Gasteiger partial charge is 0.482 e. The number of ether oxygens (including phenoxy) is 4. The molecule has 6 atom stereocenters. The van der Waals surface area contributed by atoms with Crippen LogP contribution in [0.25, 0.3) is 10.4 Å². The zero-order valence-electron chi connectivity index (χ0n) is 47.2. The average molecular weight is 1190 g/mol. The number of β-amino-alcohol motifs (C(OH)–C–C–N with tert-alkyl or cyclic N) is 1. The van der Waals surface area contributed by atoms with Gasteiger partial charge < -0.3 is 55.5 Å². The Morgan fingerprint density at radius 1 is 0.890 bits per heavy atom. The predicted molar refractivity (Wildman–Crippen MR) is 311 cm³/mol. The van der Waals surface area contributed by atoms with E-state index in [2.05, 4.69) is 49.9 Å². The lowest BCUT2D eigenvalue weighted by molar-refractivity contribution is -0.144. The van der Waals surface area contributed by atoms with E-state index in [9.17, 15) is 33.5 Å². The highest BCUT2D eigenvalue weighted by Crippen LogP contribution is 2.36. The summed E-state index contributed by atoms with van der Waals surface area (Å²) in [6.45, 7) is 17.3. The third-order valence-electron chi connectivity index (χ3n) is 14.2. The fraction of sp³-hybridized carbons (Fsp3) is 0.483. The van der Waals surface area contributed by atoms with Crippen LogP contribution in [0.15, 0.2) is 72.2 Å². The van der Waals surface area contributed by atoms with Crippen LogP contribution in [0.2, 0.25) is 10.0 Å². The number of thiazole rings is 1. The predicted octanol–water partition coefficient (Wildman–Crippen LogP) is 7.50. The van der Waals surface area contributed by atoms with E-state index in [1.165, 1.54) is 17.0 Å². The molecule has 0 saturated carbocycles. The van der Waals surface area contributed by atoms with Crippen molar-refractivity contribution in [3.05, 3.63) is 116 Å². The quantitative estimate of drug-likeness (QED) is 0.0280. The van der Waals surface area contributed by atoms with Gasteiger partial charge in [0.15, 0.2) is 17.3 Å². The topological polar surface area (TPSA) is 253 Å². The Hall–Kier alpha value is -6.37. The molecular formula is C58H73Cl2FN10O10S. The van der Waals surface area contributed by atoms with E-state index in [0.29, 0.717) is 50.8 Å². The fourth-order valence-corrected chi connectivity index (χ4v) is 11.4. The summed E-state index contributed by atoms with van der Waals surface area (Å²) in [5.41, 5.74) is 11.0. The van der Waals surface area contributed by atoms with Crippen LogP contribution >= 0.6 is 34.5 Å². The van der Waals surface area contributed by atoms with Gasteiger partial charge in [-0.1, -0.05) is 68.2 Å². The summed E-state index contributed by atoms with van der Waals surface area (Å²) < 4.78 is 37.2. The molecule has 7 rings (SSSR count). The molecule has 2 aliphatic rings. The minimum absolute atomic E-state index is 0.0109. The average Bonchev–Trinajstić information content (AvgIpc) is 4.18. The molecule has 2 aliphatic heterocycles. The molecule has 5 aromatic rings. The number of rotatable bonds is 25. The molecule has 20 nitrogen and oxygen atoms in total. The normalized spacial score (nSPS) is 18.2. The number of aryl methyl sites for hydroxylation is 1. The number of nitrogens with one attached hydrogen (secondary N) is 3. The molecule has 2 aromatic heterocycles. The third-order valence-corrected chi connectivity index (χ3v) is 15.9. The number of carbonyl (C=O) groups is 5. The summed E-state index contributed by atoms with van der Waals surface area (Å²) in [7, 11) is 0. The van der Waals surface area contributed by atoms with E-state index in [1.54, 1.807) is 42.5 Å². The number of nitrogens with zero attached hydrogens (tertiary/aromatic N) is 6. The summed E-state index contributed by atoms with van der Waals surface area (Å²) in [5.74, 6) is -2.66. The van der Waals surface area contributed by atoms with Crippen molar-refractivity contribution in [3.63, 3.8) is 0 Å². The monoisotopic (exact) mass is 1190 g/mol.